The Bertz CT molecular complexity index is 1520. The van der Waals surface area contributed by atoms with Crippen molar-refractivity contribution in [3.63, 3.8) is 0 Å². The number of hydrogen-bond donors (Lipinski definition) is 5. The van der Waals surface area contributed by atoms with Crippen LogP contribution in [-0.4, -0.2) is 76.5 Å². The lowest BCUT2D eigenvalue weighted by atomic mass is 9.87. The second-order valence-corrected chi connectivity index (χ2v) is 13.1. The maximum absolute atomic E-state index is 13.7. The molecule has 4 rings (SSSR count). The van der Waals surface area contributed by atoms with Crippen molar-refractivity contribution in [2.45, 2.75) is 77.2 Å². The molecule has 1 saturated heterocycles. The molecule has 246 valence electrons. The van der Waals surface area contributed by atoms with Gasteiger partial charge in [0.15, 0.2) is 12.4 Å². The highest BCUT2D eigenvalue weighted by Gasteiger charge is 2.43. The van der Waals surface area contributed by atoms with E-state index in [-0.39, 0.29) is 24.9 Å². The molecule has 1 aromatic heterocycles. The zero-order valence-electron chi connectivity index (χ0n) is 27.1. The first kappa shape index (κ1) is 34.5. The standard InChI is InChI=1S/C35H45N5O6/c1-21(2)29(39-28(41)20-46-27-13-9-12-23-19-36-16-14-24(23)27)33(44)38-26(18-22-10-7-6-8-11-22)32(43)31(42)25-15-17-37-30(25)34(45)40-35(3,4)5/h6-14,16,19,21,25-26,29-30,32,37,43H,15,17-18,20H2,1-5H3,(H,38,44)(H,39,41)(H,40,45)/t25?,26-,29+,30+,32-/m0/s1. The molecule has 0 bridgehead atoms. The molecule has 11 nitrogen and oxygen atoms in total. The molecular formula is C35H45N5O6. The molecule has 0 saturated carbocycles. The second-order valence-electron chi connectivity index (χ2n) is 13.1. The molecule has 3 amide bonds. The summed E-state index contributed by atoms with van der Waals surface area (Å²) in [6.07, 6.45) is 2.30. The van der Waals surface area contributed by atoms with Crippen LogP contribution < -0.4 is 26.0 Å². The molecule has 1 aliphatic heterocycles. The summed E-state index contributed by atoms with van der Waals surface area (Å²) in [5.74, 6) is -2.45. The van der Waals surface area contributed by atoms with Gasteiger partial charge in [0.25, 0.3) is 5.91 Å². The van der Waals surface area contributed by atoms with Crippen LogP contribution in [0, 0.1) is 11.8 Å². The molecule has 2 aromatic carbocycles. The van der Waals surface area contributed by atoms with Crippen molar-refractivity contribution < 1.29 is 29.0 Å². The van der Waals surface area contributed by atoms with Gasteiger partial charge in [-0.15, -0.1) is 0 Å². The number of pyridine rings is 1. The summed E-state index contributed by atoms with van der Waals surface area (Å²) in [5.41, 5.74) is 0.306. The van der Waals surface area contributed by atoms with Crippen LogP contribution in [0.5, 0.6) is 5.75 Å². The van der Waals surface area contributed by atoms with Gasteiger partial charge in [-0.25, -0.2) is 0 Å². The van der Waals surface area contributed by atoms with Gasteiger partial charge in [-0.3, -0.25) is 24.2 Å². The summed E-state index contributed by atoms with van der Waals surface area (Å²) in [6.45, 7) is 9.27. The van der Waals surface area contributed by atoms with Crippen LogP contribution in [0.1, 0.15) is 46.6 Å². The Labute approximate surface area is 269 Å². The van der Waals surface area contributed by atoms with E-state index in [2.05, 4.69) is 26.3 Å². The third kappa shape index (κ3) is 9.11. The predicted molar refractivity (Wildman–Crippen MR) is 175 cm³/mol. The van der Waals surface area contributed by atoms with Crippen molar-refractivity contribution in [1.82, 2.24) is 26.3 Å². The van der Waals surface area contributed by atoms with Crippen molar-refractivity contribution in [3.8, 4) is 5.75 Å². The van der Waals surface area contributed by atoms with Gasteiger partial charge < -0.3 is 31.1 Å². The molecule has 5 N–H and O–H groups in total. The molecular weight excluding hydrogens is 586 g/mol. The van der Waals surface area contributed by atoms with Crippen LogP contribution in [0.15, 0.2) is 67.0 Å². The van der Waals surface area contributed by atoms with Crippen molar-refractivity contribution in [2.24, 2.45) is 11.8 Å². The third-order valence-electron chi connectivity index (χ3n) is 7.93. The number of amides is 3. The van der Waals surface area contributed by atoms with Gasteiger partial charge in [-0.05, 0) is 63.8 Å². The lowest BCUT2D eigenvalue weighted by Crippen LogP contribution is -2.58. The number of nitrogens with one attached hydrogen (secondary N) is 4. The normalized spacial score (nSPS) is 18.4. The van der Waals surface area contributed by atoms with Crippen LogP contribution in [0.3, 0.4) is 0 Å². The summed E-state index contributed by atoms with van der Waals surface area (Å²) in [7, 11) is 0. The molecule has 1 fully saturated rings. The Morgan fingerprint density at radius 3 is 2.46 bits per heavy atom. The predicted octanol–water partition coefficient (Wildman–Crippen LogP) is 2.30. The van der Waals surface area contributed by atoms with E-state index in [1.165, 1.54) is 0 Å². The maximum Gasteiger partial charge on any atom is 0.258 e. The van der Waals surface area contributed by atoms with E-state index >= 15 is 0 Å². The largest absolute Gasteiger partial charge is 0.483 e. The van der Waals surface area contributed by atoms with Crippen molar-refractivity contribution in [2.75, 3.05) is 13.2 Å². The van der Waals surface area contributed by atoms with E-state index in [1.807, 2.05) is 63.2 Å². The van der Waals surface area contributed by atoms with E-state index < -0.39 is 53.3 Å². The number of aliphatic hydroxyl groups is 1. The highest BCUT2D eigenvalue weighted by molar-refractivity contribution is 5.95. The van der Waals surface area contributed by atoms with Crippen molar-refractivity contribution in [3.05, 3.63) is 72.6 Å². The lowest BCUT2D eigenvalue weighted by molar-refractivity contribution is -0.138. The topological polar surface area (TPSA) is 159 Å². The zero-order chi connectivity index (χ0) is 33.4. The number of Topliss-reactive ketones (excluding diaryl/α,β-unsaturated/α-hetero) is 1. The fourth-order valence-electron chi connectivity index (χ4n) is 5.64. The van der Waals surface area contributed by atoms with E-state index in [9.17, 15) is 24.3 Å². The van der Waals surface area contributed by atoms with Crippen LogP contribution in [0.2, 0.25) is 0 Å². The quantitative estimate of drug-likeness (QED) is 0.192. The first-order valence-corrected chi connectivity index (χ1v) is 15.7. The van der Waals surface area contributed by atoms with Crippen molar-refractivity contribution in [1.29, 1.82) is 0 Å². The highest BCUT2D eigenvalue weighted by Crippen LogP contribution is 2.25. The monoisotopic (exact) mass is 631 g/mol. The van der Waals surface area contributed by atoms with Gasteiger partial charge in [-0.2, -0.15) is 0 Å². The smallest absolute Gasteiger partial charge is 0.258 e. The molecule has 46 heavy (non-hydrogen) atoms. The number of carbonyl (C=O) groups is 4. The molecule has 0 aliphatic carbocycles. The van der Waals surface area contributed by atoms with Crippen LogP contribution in [-0.2, 0) is 25.6 Å². The summed E-state index contributed by atoms with van der Waals surface area (Å²) in [4.78, 5) is 57.5. The third-order valence-corrected chi connectivity index (χ3v) is 7.93. The van der Waals surface area contributed by atoms with Crippen LogP contribution >= 0.6 is 0 Å². The number of nitrogens with zero attached hydrogens (tertiary/aromatic N) is 1. The molecule has 3 aromatic rings. The molecule has 1 unspecified atom stereocenters. The molecule has 1 aliphatic rings. The Morgan fingerprint density at radius 1 is 1.02 bits per heavy atom. The first-order chi connectivity index (χ1) is 21.8. The summed E-state index contributed by atoms with van der Waals surface area (Å²) in [6, 6.07) is 13.7. The average molecular weight is 632 g/mol. The number of aliphatic hydroxyl groups excluding tert-OH is 1. The lowest BCUT2D eigenvalue weighted by Gasteiger charge is -2.30. The van der Waals surface area contributed by atoms with Crippen molar-refractivity contribution >= 4 is 34.3 Å². The van der Waals surface area contributed by atoms with Crippen LogP contribution in [0.25, 0.3) is 10.8 Å². The number of hydrogen-bond acceptors (Lipinski definition) is 8. The Balaban J connectivity index is 1.47. The minimum atomic E-state index is -1.59. The molecule has 2 heterocycles. The minimum absolute atomic E-state index is 0.163. The van der Waals surface area contributed by atoms with E-state index in [4.69, 9.17) is 4.74 Å². The SMILES string of the molecule is CC(C)[C@@H](NC(=O)COc1cccc2cnccc12)C(=O)N[C@@H](Cc1ccccc1)[C@H](O)C(=O)C1CCN[C@H]1C(=O)NC(C)(C)C. The Morgan fingerprint density at radius 2 is 1.76 bits per heavy atom. The van der Waals surface area contributed by atoms with Gasteiger partial charge in [0.1, 0.15) is 17.9 Å². The number of ether oxygens (including phenoxy) is 1. The summed E-state index contributed by atoms with van der Waals surface area (Å²) < 4.78 is 5.79. The minimum Gasteiger partial charge on any atom is -0.483 e. The molecule has 0 radical (unpaired) electrons. The Kier molecular flexibility index (Phi) is 11.5. The van der Waals surface area contributed by atoms with E-state index in [1.54, 1.807) is 38.4 Å². The Hall–Kier alpha value is -4.35. The van der Waals surface area contributed by atoms with Gasteiger partial charge in [-0.1, -0.05) is 56.3 Å². The maximum atomic E-state index is 13.7. The fraction of sp³-hybridized carbons (Fsp3) is 0.457. The molecule has 0 spiro atoms. The zero-order valence-corrected chi connectivity index (χ0v) is 27.1. The number of carbonyl (C=O) groups excluding carboxylic acids is 4. The fourth-order valence-corrected chi connectivity index (χ4v) is 5.64. The highest BCUT2D eigenvalue weighted by atomic mass is 16.5. The number of ketones is 1. The van der Waals surface area contributed by atoms with Gasteiger partial charge in [0.2, 0.25) is 11.8 Å². The van der Waals surface area contributed by atoms with Gasteiger partial charge in [0.05, 0.1) is 12.1 Å². The summed E-state index contributed by atoms with van der Waals surface area (Å²) >= 11 is 0. The number of rotatable bonds is 13. The average Bonchev–Trinajstić information content (AvgIpc) is 3.51. The van der Waals surface area contributed by atoms with Gasteiger partial charge >= 0.3 is 0 Å². The van der Waals surface area contributed by atoms with E-state index in [0.717, 1.165) is 16.3 Å². The molecule has 5 atom stereocenters. The van der Waals surface area contributed by atoms with Gasteiger partial charge in [0, 0.05) is 34.6 Å². The van der Waals surface area contributed by atoms with Crippen LogP contribution in [0.4, 0.5) is 0 Å². The first-order valence-electron chi connectivity index (χ1n) is 15.7. The number of benzene rings is 2. The number of aromatic nitrogens is 1. The summed E-state index contributed by atoms with van der Waals surface area (Å²) in [5, 5.41) is 24.7. The second kappa shape index (κ2) is 15.3. The molecule has 11 heteroatoms. The number of fused-ring (bicyclic) bond motifs is 1. The van der Waals surface area contributed by atoms with E-state index in [0.29, 0.717) is 18.7 Å².